The first kappa shape index (κ1) is 33.2. The van der Waals surface area contributed by atoms with Crippen LogP contribution in [0.25, 0.3) is 0 Å². The molecule has 3 N–H and O–H groups in total. The fourth-order valence-electron chi connectivity index (χ4n) is 11.4. The number of likely N-dealkylation sites (tertiary alicyclic amines) is 1. The molecule has 1 amide bonds. The van der Waals surface area contributed by atoms with Crippen molar-refractivity contribution < 1.29 is 29.6 Å². The number of aliphatic hydroxyl groups is 3. The average Bonchev–Trinajstić information content (AvgIpc) is 3.26. The summed E-state index contributed by atoms with van der Waals surface area (Å²) >= 11 is 0. The number of nitrogens with zero attached hydrogens (tertiary/aromatic N) is 1. The SMILES string of the molecule is CC1CCC(C(=O)OC(C)(C)C)C(C)N1C(=O)CC[C@@H](C)[C@H]1CC[C@H]2[C@@H]3[C@H](O)C[C@@H]4C[C@H](O)CC[C@]4(C)[C@H]3C[C@H](O)[C@]12C. The third kappa shape index (κ3) is 5.82. The first-order valence-electron chi connectivity index (χ1n) is 17.6. The van der Waals surface area contributed by atoms with Crippen molar-refractivity contribution in [2.75, 3.05) is 0 Å². The lowest BCUT2D eigenvalue weighted by Crippen LogP contribution is -2.62. The van der Waals surface area contributed by atoms with E-state index in [4.69, 9.17) is 4.74 Å². The first-order chi connectivity index (χ1) is 20.0. The summed E-state index contributed by atoms with van der Waals surface area (Å²) in [5.41, 5.74) is -0.745. The summed E-state index contributed by atoms with van der Waals surface area (Å²) in [6.07, 6.45) is 7.82. The van der Waals surface area contributed by atoms with Gasteiger partial charge in [-0.1, -0.05) is 20.8 Å². The second kappa shape index (κ2) is 11.9. The van der Waals surface area contributed by atoms with Crippen LogP contribution in [-0.4, -0.2) is 68.1 Å². The number of piperidine rings is 1. The Bertz CT molecular complexity index is 1040. The van der Waals surface area contributed by atoms with Gasteiger partial charge >= 0.3 is 5.97 Å². The number of aliphatic hydroxyl groups excluding tert-OH is 3. The van der Waals surface area contributed by atoms with Crippen LogP contribution in [-0.2, 0) is 14.3 Å². The van der Waals surface area contributed by atoms with Gasteiger partial charge in [-0.2, -0.15) is 0 Å². The summed E-state index contributed by atoms with van der Waals surface area (Å²) < 4.78 is 5.70. The normalized spacial score (nSPS) is 47.2. The quantitative estimate of drug-likeness (QED) is 0.347. The summed E-state index contributed by atoms with van der Waals surface area (Å²) in [6, 6.07) is -0.0911. The van der Waals surface area contributed by atoms with E-state index in [1.807, 2.05) is 32.6 Å². The largest absolute Gasteiger partial charge is 0.460 e. The zero-order valence-electron chi connectivity index (χ0n) is 28.2. The van der Waals surface area contributed by atoms with E-state index in [0.29, 0.717) is 18.3 Å². The van der Waals surface area contributed by atoms with Crippen LogP contribution in [0.4, 0.5) is 0 Å². The van der Waals surface area contributed by atoms with Gasteiger partial charge in [0.2, 0.25) is 5.91 Å². The van der Waals surface area contributed by atoms with Crippen LogP contribution in [0.3, 0.4) is 0 Å². The van der Waals surface area contributed by atoms with E-state index in [-0.39, 0.29) is 76.6 Å². The van der Waals surface area contributed by atoms with E-state index in [1.54, 1.807) is 0 Å². The van der Waals surface area contributed by atoms with Gasteiger partial charge in [0.15, 0.2) is 0 Å². The fourth-order valence-corrected chi connectivity index (χ4v) is 11.4. The minimum Gasteiger partial charge on any atom is -0.460 e. The smallest absolute Gasteiger partial charge is 0.311 e. The molecule has 5 fully saturated rings. The van der Waals surface area contributed by atoms with Gasteiger partial charge < -0.3 is 25.0 Å². The number of carbonyl (C=O) groups is 2. The second-order valence-electron chi connectivity index (χ2n) is 17.1. The Balaban J connectivity index is 1.25. The summed E-state index contributed by atoms with van der Waals surface area (Å²) in [6.45, 7) is 16.7. The maximum atomic E-state index is 13.7. The van der Waals surface area contributed by atoms with Gasteiger partial charge in [-0.05, 0) is 145 Å². The summed E-state index contributed by atoms with van der Waals surface area (Å²) in [7, 11) is 0. The first-order valence-corrected chi connectivity index (χ1v) is 17.6. The van der Waals surface area contributed by atoms with Crippen LogP contribution in [0.2, 0.25) is 0 Å². The zero-order valence-corrected chi connectivity index (χ0v) is 28.2. The highest BCUT2D eigenvalue weighted by Crippen LogP contribution is 2.68. The number of hydrogen-bond donors (Lipinski definition) is 3. The molecule has 1 aliphatic heterocycles. The number of carbonyl (C=O) groups excluding carboxylic acids is 2. The van der Waals surface area contributed by atoms with Crippen LogP contribution in [0.15, 0.2) is 0 Å². The maximum absolute atomic E-state index is 13.7. The molecule has 7 heteroatoms. The van der Waals surface area contributed by atoms with E-state index in [2.05, 4.69) is 27.7 Å². The monoisotopic (exact) mass is 603 g/mol. The van der Waals surface area contributed by atoms with E-state index < -0.39 is 11.7 Å². The standard InChI is InChI=1S/C36H61NO6/c1-20(9-14-31(41)37-21(2)10-11-25(22(37)3)33(42)43-34(4,5)6)26-12-13-27-32-28(19-30(40)36(26,27)8)35(7)16-15-24(38)17-23(35)18-29(32)39/h20-30,32,38-40H,9-19H2,1-8H3/t20-,21?,22?,23+,24-,25?,26-,27+,28+,29-,30+,32+,35+,36-/m1/s1. The molecular formula is C36H61NO6. The van der Waals surface area contributed by atoms with Gasteiger partial charge in [-0.3, -0.25) is 9.59 Å². The Morgan fingerprint density at radius 3 is 2.33 bits per heavy atom. The van der Waals surface area contributed by atoms with Crippen LogP contribution < -0.4 is 0 Å². The highest BCUT2D eigenvalue weighted by Gasteiger charge is 2.65. The van der Waals surface area contributed by atoms with Crippen molar-refractivity contribution in [2.24, 2.45) is 52.3 Å². The van der Waals surface area contributed by atoms with E-state index >= 15 is 0 Å². The summed E-state index contributed by atoms with van der Waals surface area (Å²) in [5, 5.41) is 33.9. The lowest BCUT2D eigenvalue weighted by molar-refractivity contribution is -0.207. The number of ether oxygens (including phenoxy) is 1. The molecule has 0 aromatic rings. The predicted octanol–water partition coefficient (Wildman–Crippen LogP) is 5.72. The molecular weight excluding hydrogens is 542 g/mol. The Labute approximate surface area is 260 Å². The molecule has 3 unspecified atom stereocenters. The topological polar surface area (TPSA) is 107 Å². The molecule has 5 aliphatic rings. The summed E-state index contributed by atoms with van der Waals surface area (Å²) in [4.78, 5) is 28.6. The number of esters is 1. The Kier molecular flexibility index (Phi) is 9.17. The number of amides is 1. The molecule has 0 radical (unpaired) electrons. The third-order valence-corrected chi connectivity index (χ3v) is 13.7. The molecule has 14 atom stereocenters. The van der Waals surface area contributed by atoms with Gasteiger partial charge in [-0.25, -0.2) is 0 Å². The van der Waals surface area contributed by atoms with Crippen molar-refractivity contribution >= 4 is 11.9 Å². The molecule has 0 aromatic heterocycles. The van der Waals surface area contributed by atoms with Crippen molar-refractivity contribution in [3.05, 3.63) is 0 Å². The lowest BCUT2D eigenvalue weighted by atomic mass is 9.43. The second-order valence-corrected chi connectivity index (χ2v) is 17.1. The zero-order chi connectivity index (χ0) is 31.6. The molecule has 0 aromatic carbocycles. The van der Waals surface area contributed by atoms with Crippen molar-refractivity contribution in [1.82, 2.24) is 4.90 Å². The molecule has 5 rings (SSSR count). The van der Waals surface area contributed by atoms with Crippen molar-refractivity contribution in [3.63, 3.8) is 0 Å². The minimum atomic E-state index is -0.547. The van der Waals surface area contributed by atoms with Gasteiger partial charge in [0.05, 0.1) is 24.2 Å². The van der Waals surface area contributed by atoms with Crippen LogP contribution in [0.5, 0.6) is 0 Å². The molecule has 43 heavy (non-hydrogen) atoms. The Hall–Kier alpha value is -1.18. The molecule has 0 spiro atoms. The van der Waals surface area contributed by atoms with E-state index in [0.717, 1.165) is 64.2 Å². The average molecular weight is 604 g/mol. The molecule has 246 valence electrons. The molecule has 7 nitrogen and oxygen atoms in total. The van der Waals surface area contributed by atoms with E-state index in [9.17, 15) is 24.9 Å². The Morgan fingerprint density at radius 2 is 1.65 bits per heavy atom. The van der Waals surface area contributed by atoms with Gasteiger partial charge in [0.25, 0.3) is 0 Å². The van der Waals surface area contributed by atoms with Crippen LogP contribution in [0.1, 0.15) is 126 Å². The van der Waals surface area contributed by atoms with Crippen molar-refractivity contribution in [1.29, 1.82) is 0 Å². The molecule has 0 bridgehead atoms. The van der Waals surface area contributed by atoms with Gasteiger partial charge in [0.1, 0.15) is 5.60 Å². The van der Waals surface area contributed by atoms with Crippen LogP contribution >= 0.6 is 0 Å². The van der Waals surface area contributed by atoms with Crippen LogP contribution in [0, 0.1) is 52.3 Å². The number of fused-ring (bicyclic) bond motifs is 5. The number of rotatable bonds is 5. The van der Waals surface area contributed by atoms with Gasteiger partial charge in [-0.15, -0.1) is 0 Å². The predicted molar refractivity (Wildman–Crippen MR) is 167 cm³/mol. The minimum absolute atomic E-state index is 0.0700. The van der Waals surface area contributed by atoms with Gasteiger partial charge in [0, 0.05) is 18.5 Å². The lowest BCUT2D eigenvalue weighted by Gasteiger charge is -2.63. The molecule has 4 aliphatic carbocycles. The highest BCUT2D eigenvalue weighted by atomic mass is 16.6. The molecule has 1 saturated heterocycles. The molecule has 4 saturated carbocycles. The van der Waals surface area contributed by atoms with Crippen molar-refractivity contribution in [2.45, 2.75) is 162 Å². The van der Waals surface area contributed by atoms with E-state index in [1.165, 1.54) is 0 Å². The fraction of sp³-hybridized carbons (Fsp3) is 0.944. The summed E-state index contributed by atoms with van der Waals surface area (Å²) in [5.74, 6) is 1.27. The Morgan fingerprint density at radius 1 is 0.953 bits per heavy atom. The molecule has 1 heterocycles. The number of hydrogen-bond acceptors (Lipinski definition) is 6. The maximum Gasteiger partial charge on any atom is 0.311 e. The third-order valence-electron chi connectivity index (χ3n) is 13.7. The van der Waals surface area contributed by atoms with Crippen molar-refractivity contribution in [3.8, 4) is 0 Å². The highest BCUT2D eigenvalue weighted by molar-refractivity contribution is 5.79.